The van der Waals surface area contributed by atoms with Gasteiger partial charge in [0.2, 0.25) is 0 Å². The summed E-state index contributed by atoms with van der Waals surface area (Å²) in [6.45, 7) is 4.00. The molecule has 138 valence electrons. The van der Waals surface area contributed by atoms with E-state index in [2.05, 4.69) is 4.99 Å². The van der Waals surface area contributed by atoms with Gasteiger partial charge in [0.05, 0.1) is 6.61 Å². The van der Waals surface area contributed by atoms with Crippen LogP contribution >= 0.6 is 23.2 Å². The van der Waals surface area contributed by atoms with Gasteiger partial charge < -0.3 is 4.74 Å². The van der Waals surface area contributed by atoms with Gasteiger partial charge in [0.15, 0.2) is 5.78 Å². The standard InChI is InChI=1S/C20H21Cl2NO3/c1-3-14-19(20(25)26-4-2)17(12-9-8-11(21)10-13(12)22)18-15(23-14)6-5-7-16(18)24/h8-10,17,19H,3-7H2,1-2H3/t17-,19?/m1/s1. The van der Waals surface area contributed by atoms with Gasteiger partial charge in [-0.15, -0.1) is 0 Å². The van der Waals surface area contributed by atoms with Gasteiger partial charge in [-0.25, -0.2) is 0 Å². The van der Waals surface area contributed by atoms with Gasteiger partial charge in [-0.2, -0.15) is 0 Å². The molecule has 1 unspecified atom stereocenters. The normalized spacial score (nSPS) is 22.8. The van der Waals surface area contributed by atoms with Crippen LogP contribution in [0.3, 0.4) is 0 Å². The van der Waals surface area contributed by atoms with E-state index < -0.39 is 11.8 Å². The number of aliphatic imine (C=N–C) groups is 1. The van der Waals surface area contributed by atoms with Crippen molar-refractivity contribution in [1.82, 2.24) is 0 Å². The molecule has 1 aromatic carbocycles. The number of halogens is 2. The summed E-state index contributed by atoms with van der Waals surface area (Å²) in [6, 6.07) is 5.17. The monoisotopic (exact) mass is 393 g/mol. The van der Waals surface area contributed by atoms with Gasteiger partial charge in [0, 0.05) is 39.4 Å². The molecule has 0 aromatic heterocycles. The lowest BCUT2D eigenvalue weighted by Gasteiger charge is -2.35. The molecule has 0 radical (unpaired) electrons. The Morgan fingerprint density at radius 3 is 2.69 bits per heavy atom. The van der Waals surface area contributed by atoms with E-state index in [1.165, 1.54) is 0 Å². The molecule has 3 rings (SSSR count). The Labute approximate surface area is 163 Å². The summed E-state index contributed by atoms with van der Waals surface area (Å²) in [5.41, 5.74) is 2.86. The first-order valence-corrected chi connectivity index (χ1v) is 9.68. The molecule has 1 aromatic rings. The fourth-order valence-corrected chi connectivity index (χ4v) is 4.34. The second kappa shape index (κ2) is 7.93. The minimum absolute atomic E-state index is 0.0375. The molecule has 1 heterocycles. The summed E-state index contributed by atoms with van der Waals surface area (Å²) < 4.78 is 5.32. The van der Waals surface area contributed by atoms with Crippen LogP contribution in [0.5, 0.6) is 0 Å². The van der Waals surface area contributed by atoms with E-state index in [1.807, 2.05) is 6.92 Å². The number of Topliss-reactive ketones (excluding diaryl/α,β-unsaturated/α-hetero) is 1. The molecular weight excluding hydrogens is 373 g/mol. The molecule has 0 fully saturated rings. The van der Waals surface area contributed by atoms with Gasteiger partial charge in [-0.3, -0.25) is 14.6 Å². The van der Waals surface area contributed by atoms with Gasteiger partial charge in [0.25, 0.3) is 0 Å². The topological polar surface area (TPSA) is 55.7 Å². The van der Waals surface area contributed by atoms with Crippen molar-refractivity contribution in [2.24, 2.45) is 10.9 Å². The van der Waals surface area contributed by atoms with Crippen LogP contribution < -0.4 is 0 Å². The third kappa shape index (κ3) is 3.45. The summed E-state index contributed by atoms with van der Waals surface area (Å²) in [5.74, 6) is -1.45. The first kappa shape index (κ1) is 19.1. The summed E-state index contributed by atoms with van der Waals surface area (Å²) in [6.07, 6.45) is 2.59. The molecule has 1 aliphatic carbocycles. The van der Waals surface area contributed by atoms with Gasteiger partial charge in [-0.1, -0.05) is 36.2 Å². The van der Waals surface area contributed by atoms with Gasteiger partial charge in [-0.05, 0) is 43.9 Å². The summed E-state index contributed by atoms with van der Waals surface area (Å²) in [4.78, 5) is 30.3. The number of esters is 1. The molecular formula is C20H21Cl2NO3. The number of hydrogen-bond donors (Lipinski definition) is 0. The van der Waals surface area contributed by atoms with E-state index in [1.54, 1.807) is 25.1 Å². The Balaban J connectivity index is 2.21. The number of carbonyl (C=O) groups is 2. The van der Waals surface area contributed by atoms with Crippen molar-refractivity contribution in [3.05, 3.63) is 45.1 Å². The minimum Gasteiger partial charge on any atom is -0.465 e. The summed E-state index contributed by atoms with van der Waals surface area (Å²) in [7, 11) is 0. The molecule has 2 atom stereocenters. The quantitative estimate of drug-likeness (QED) is 0.666. The third-order valence-electron chi connectivity index (χ3n) is 4.91. The van der Waals surface area contributed by atoms with Gasteiger partial charge >= 0.3 is 5.97 Å². The van der Waals surface area contributed by atoms with E-state index in [9.17, 15) is 9.59 Å². The van der Waals surface area contributed by atoms with Crippen LogP contribution in [0.2, 0.25) is 10.0 Å². The van der Waals surface area contributed by atoms with Crippen molar-refractivity contribution in [3.8, 4) is 0 Å². The second-order valence-electron chi connectivity index (χ2n) is 6.47. The largest absolute Gasteiger partial charge is 0.465 e. The predicted octanol–water partition coefficient (Wildman–Crippen LogP) is 5.13. The zero-order valence-electron chi connectivity index (χ0n) is 14.9. The van der Waals surface area contributed by atoms with Crippen molar-refractivity contribution in [3.63, 3.8) is 0 Å². The highest BCUT2D eigenvalue weighted by atomic mass is 35.5. The average Bonchev–Trinajstić information content (AvgIpc) is 2.60. The van der Waals surface area contributed by atoms with Crippen LogP contribution in [0.25, 0.3) is 0 Å². The Kier molecular flexibility index (Phi) is 5.83. The SMILES string of the molecule is CCOC(=O)C1C(CC)=NC2=C(C(=O)CCC2)[C@H]1c1ccc(Cl)cc1Cl. The average molecular weight is 394 g/mol. The zero-order chi connectivity index (χ0) is 18.8. The number of benzene rings is 1. The van der Waals surface area contributed by atoms with Crippen LogP contribution in [-0.2, 0) is 14.3 Å². The lowest BCUT2D eigenvalue weighted by Crippen LogP contribution is -2.38. The van der Waals surface area contributed by atoms with E-state index in [0.29, 0.717) is 28.5 Å². The van der Waals surface area contributed by atoms with E-state index in [-0.39, 0.29) is 18.4 Å². The van der Waals surface area contributed by atoms with E-state index in [0.717, 1.165) is 29.8 Å². The van der Waals surface area contributed by atoms with E-state index in [4.69, 9.17) is 27.9 Å². The second-order valence-corrected chi connectivity index (χ2v) is 7.31. The molecule has 1 aliphatic heterocycles. The molecule has 0 saturated heterocycles. The van der Waals surface area contributed by atoms with E-state index >= 15 is 0 Å². The Morgan fingerprint density at radius 2 is 2.04 bits per heavy atom. The fourth-order valence-electron chi connectivity index (χ4n) is 3.81. The fraction of sp³-hybridized carbons (Fsp3) is 0.450. The summed E-state index contributed by atoms with van der Waals surface area (Å²) >= 11 is 12.5. The number of ether oxygens (including phenoxy) is 1. The van der Waals surface area contributed by atoms with Gasteiger partial charge in [0.1, 0.15) is 5.92 Å². The molecule has 26 heavy (non-hydrogen) atoms. The van der Waals surface area contributed by atoms with Crippen molar-refractivity contribution >= 4 is 40.7 Å². The molecule has 6 heteroatoms. The molecule has 0 saturated carbocycles. The molecule has 0 N–H and O–H groups in total. The molecule has 0 bridgehead atoms. The van der Waals surface area contributed by atoms with Crippen molar-refractivity contribution in [1.29, 1.82) is 0 Å². The zero-order valence-corrected chi connectivity index (χ0v) is 16.4. The first-order valence-electron chi connectivity index (χ1n) is 8.93. The highest BCUT2D eigenvalue weighted by molar-refractivity contribution is 6.35. The Morgan fingerprint density at radius 1 is 1.27 bits per heavy atom. The highest BCUT2D eigenvalue weighted by Gasteiger charge is 2.44. The molecule has 4 nitrogen and oxygen atoms in total. The molecule has 0 spiro atoms. The minimum atomic E-state index is -0.639. The van der Waals surface area contributed by atoms with Crippen molar-refractivity contribution in [2.45, 2.75) is 45.4 Å². The van der Waals surface area contributed by atoms with Crippen LogP contribution in [0.4, 0.5) is 0 Å². The van der Waals surface area contributed by atoms with Crippen LogP contribution in [0.15, 0.2) is 34.5 Å². The number of rotatable bonds is 4. The smallest absolute Gasteiger partial charge is 0.315 e. The highest BCUT2D eigenvalue weighted by Crippen LogP contribution is 2.46. The maximum atomic E-state index is 12.8. The maximum Gasteiger partial charge on any atom is 0.315 e. The third-order valence-corrected chi connectivity index (χ3v) is 5.47. The number of nitrogens with zero attached hydrogens (tertiary/aromatic N) is 1. The number of hydrogen-bond acceptors (Lipinski definition) is 4. The Hall–Kier alpha value is -1.65. The lowest BCUT2D eigenvalue weighted by molar-refractivity contribution is -0.146. The number of carbonyl (C=O) groups excluding carboxylic acids is 2. The lowest BCUT2D eigenvalue weighted by atomic mass is 9.71. The molecule has 2 aliphatic rings. The predicted molar refractivity (Wildman–Crippen MR) is 103 cm³/mol. The Bertz CT molecular complexity index is 813. The number of allylic oxidation sites excluding steroid dienone is 2. The molecule has 0 amide bonds. The van der Waals surface area contributed by atoms with Crippen molar-refractivity contribution in [2.75, 3.05) is 6.61 Å². The summed E-state index contributed by atoms with van der Waals surface area (Å²) in [5, 5.41) is 0.954. The maximum absolute atomic E-state index is 12.8. The number of ketones is 1. The first-order chi connectivity index (χ1) is 12.5. The van der Waals surface area contributed by atoms with Crippen LogP contribution in [-0.4, -0.2) is 24.1 Å². The van der Waals surface area contributed by atoms with Crippen LogP contribution in [0, 0.1) is 5.92 Å². The van der Waals surface area contributed by atoms with Crippen LogP contribution in [0.1, 0.15) is 51.0 Å². The van der Waals surface area contributed by atoms with Crippen molar-refractivity contribution < 1.29 is 14.3 Å².